The molecule has 1 N–H and O–H groups in total. The Hall–Kier alpha value is -0.120. The van der Waals surface area contributed by atoms with Crippen molar-refractivity contribution < 1.29 is 4.74 Å². The van der Waals surface area contributed by atoms with Gasteiger partial charge in [0.05, 0.1) is 6.10 Å². The van der Waals surface area contributed by atoms with Crippen LogP contribution >= 0.6 is 0 Å². The summed E-state index contributed by atoms with van der Waals surface area (Å²) < 4.78 is 5.81. The normalized spacial score (nSPS) is 35.8. The Bertz CT molecular complexity index is 247. The van der Waals surface area contributed by atoms with Crippen LogP contribution in [0.2, 0.25) is 0 Å². The van der Waals surface area contributed by atoms with E-state index in [-0.39, 0.29) is 0 Å². The maximum Gasteiger partial charge on any atom is 0.0613 e. The van der Waals surface area contributed by atoms with Gasteiger partial charge in [0.15, 0.2) is 0 Å². The summed E-state index contributed by atoms with van der Waals surface area (Å²) in [4.78, 5) is 2.66. The maximum atomic E-state index is 5.81. The van der Waals surface area contributed by atoms with Crippen molar-refractivity contribution in [3.63, 3.8) is 0 Å². The first kappa shape index (κ1) is 14.3. The van der Waals surface area contributed by atoms with Crippen LogP contribution in [0, 0.1) is 11.8 Å². The van der Waals surface area contributed by atoms with E-state index in [0.717, 1.165) is 25.0 Å². The summed E-state index contributed by atoms with van der Waals surface area (Å²) in [5.41, 5.74) is 0. The van der Waals surface area contributed by atoms with Gasteiger partial charge in [0.2, 0.25) is 0 Å². The number of ether oxygens (including phenoxy) is 1. The minimum atomic E-state index is 0.516. The predicted octanol–water partition coefficient (Wildman–Crippen LogP) is 2.12. The molecule has 0 radical (unpaired) electrons. The minimum absolute atomic E-state index is 0.516. The zero-order valence-corrected chi connectivity index (χ0v) is 12.3. The van der Waals surface area contributed by atoms with Crippen LogP contribution < -0.4 is 5.32 Å². The lowest BCUT2D eigenvalue weighted by molar-refractivity contribution is 0.0678. The second-order valence-electron chi connectivity index (χ2n) is 6.07. The third kappa shape index (κ3) is 3.46. The lowest BCUT2D eigenvalue weighted by Gasteiger charge is -2.38. The molecule has 4 atom stereocenters. The Balaban J connectivity index is 1.82. The maximum absolute atomic E-state index is 5.81. The average molecular weight is 254 g/mol. The Kier molecular flexibility index (Phi) is 5.46. The molecule has 3 nitrogen and oxygen atoms in total. The van der Waals surface area contributed by atoms with E-state index in [1.165, 1.54) is 38.9 Å². The molecule has 2 heterocycles. The molecule has 3 heteroatoms. The molecule has 0 aromatic carbocycles. The zero-order chi connectivity index (χ0) is 13.0. The molecular formula is C15H30N2O. The fourth-order valence-electron chi connectivity index (χ4n) is 3.36. The van der Waals surface area contributed by atoms with Crippen molar-refractivity contribution in [1.82, 2.24) is 10.2 Å². The minimum Gasteiger partial charge on any atom is -0.378 e. The summed E-state index contributed by atoms with van der Waals surface area (Å²) in [6.07, 6.45) is 4.22. The van der Waals surface area contributed by atoms with Gasteiger partial charge in [-0.05, 0) is 24.7 Å². The Morgan fingerprint density at radius 1 is 1.39 bits per heavy atom. The molecule has 2 saturated heterocycles. The van der Waals surface area contributed by atoms with Crippen LogP contribution in [0.15, 0.2) is 0 Å². The summed E-state index contributed by atoms with van der Waals surface area (Å²) in [7, 11) is 0. The highest BCUT2D eigenvalue weighted by molar-refractivity contribution is 4.85. The number of hydrogen-bond acceptors (Lipinski definition) is 3. The largest absolute Gasteiger partial charge is 0.378 e. The standard InChI is InChI=1S/C15H30N2O/c1-4-12(3)14-11-17(8-7-16-14)10-13-6-9-18-15(13)5-2/h12-16H,4-11H2,1-3H3. The first-order valence-corrected chi connectivity index (χ1v) is 7.81. The van der Waals surface area contributed by atoms with Gasteiger partial charge in [0, 0.05) is 38.8 Å². The van der Waals surface area contributed by atoms with E-state index in [4.69, 9.17) is 4.74 Å². The molecule has 106 valence electrons. The molecule has 0 aliphatic carbocycles. The van der Waals surface area contributed by atoms with Crippen molar-refractivity contribution in [1.29, 1.82) is 0 Å². The van der Waals surface area contributed by atoms with Crippen molar-refractivity contribution in [3.8, 4) is 0 Å². The topological polar surface area (TPSA) is 24.5 Å². The highest BCUT2D eigenvalue weighted by atomic mass is 16.5. The Labute approximate surface area is 112 Å². The van der Waals surface area contributed by atoms with E-state index in [1.54, 1.807) is 0 Å². The molecule has 0 spiro atoms. The summed E-state index contributed by atoms with van der Waals surface area (Å²) >= 11 is 0. The third-order valence-electron chi connectivity index (χ3n) is 4.86. The molecule has 0 saturated carbocycles. The van der Waals surface area contributed by atoms with Gasteiger partial charge in [-0.1, -0.05) is 27.2 Å². The number of rotatable bonds is 5. The monoisotopic (exact) mass is 254 g/mol. The molecule has 0 amide bonds. The van der Waals surface area contributed by atoms with E-state index in [9.17, 15) is 0 Å². The summed E-state index contributed by atoms with van der Waals surface area (Å²) in [5, 5.41) is 3.68. The molecule has 4 unspecified atom stereocenters. The number of piperazine rings is 1. The molecule has 18 heavy (non-hydrogen) atoms. The van der Waals surface area contributed by atoms with E-state index in [0.29, 0.717) is 12.1 Å². The summed E-state index contributed by atoms with van der Waals surface area (Å²) in [5.74, 6) is 1.56. The van der Waals surface area contributed by atoms with Crippen molar-refractivity contribution in [2.45, 2.75) is 52.2 Å². The van der Waals surface area contributed by atoms with Crippen LogP contribution in [0.3, 0.4) is 0 Å². The molecular weight excluding hydrogens is 224 g/mol. The molecule has 2 fully saturated rings. The van der Waals surface area contributed by atoms with Crippen LogP contribution in [0.25, 0.3) is 0 Å². The Morgan fingerprint density at radius 2 is 2.22 bits per heavy atom. The summed E-state index contributed by atoms with van der Waals surface area (Å²) in [6, 6.07) is 0.686. The molecule has 2 rings (SSSR count). The first-order chi connectivity index (χ1) is 8.74. The van der Waals surface area contributed by atoms with Crippen molar-refractivity contribution in [2.75, 3.05) is 32.8 Å². The smallest absolute Gasteiger partial charge is 0.0613 e. The van der Waals surface area contributed by atoms with Crippen molar-refractivity contribution in [3.05, 3.63) is 0 Å². The van der Waals surface area contributed by atoms with Crippen LogP contribution in [-0.4, -0.2) is 49.8 Å². The van der Waals surface area contributed by atoms with Crippen molar-refractivity contribution in [2.24, 2.45) is 11.8 Å². The van der Waals surface area contributed by atoms with E-state index in [1.807, 2.05) is 0 Å². The van der Waals surface area contributed by atoms with Gasteiger partial charge < -0.3 is 15.0 Å². The van der Waals surface area contributed by atoms with Gasteiger partial charge >= 0.3 is 0 Å². The van der Waals surface area contributed by atoms with Crippen LogP contribution in [0.4, 0.5) is 0 Å². The van der Waals surface area contributed by atoms with Gasteiger partial charge in [-0.15, -0.1) is 0 Å². The van der Waals surface area contributed by atoms with Gasteiger partial charge in [0.1, 0.15) is 0 Å². The van der Waals surface area contributed by atoms with Crippen LogP contribution in [0.5, 0.6) is 0 Å². The van der Waals surface area contributed by atoms with E-state index < -0.39 is 0 Å². The number of nitrogens with zero attached hydrogens (tertiary/aromatic N) is 1. The quantitative estimate of drug-likeness (QED) is 0.813. The second-order valence-corrected chi connectivity index (χ2v) is 6.07. The van der Waals surface area contributed by atoms with Gasteiger partial charge in [-0.2, -0.15) is 0 Å². The predicted molar refractivity (Wildman–Crippen MR) is 75.8 cm³/mol. The highest BCUT2D eigenvalue weighted by Gasteiger charge is 2.30. The van der Waals surface area contributed by atoms with Gasteiger partial charge in [0.25, 0.3) is 0 Å². The lowest BCUT2D eigenvalue weighted by atomic mass is 9.95. The summed E-state index contributed by atoms with van der Waals surface area (Å²) in [6.45, 7) is 12.7. The van der Waals surface area contributed by atoms with Crippen molar-refractivity contribution >= 4 is 0 Å². The molecule has 0 aromatic heterocycles. The van der Waals surface area contributed by atoms with Gasteiger partial charge in [-0.25, -0.2) is 0 Å². The molecule has 2 aliphatic rings. The zero-order valence-electron chi connectivity index (χ0n) is 12.3. The molecule has 0 bridgehead atoms. The fraction of sp³-hybridized carbons (Fsp3) is 1.00. The number of hydrogen-bond donors (Lipinski definition) is 1. The highest BCUT2D eigenvalue weighted by Crippen LogP contribution is 2.25. The first-order valence-electron chi connectivity index (χ1n) is 7.81. The fourth-order valence-corrected chi connectivity index (χ4v) is 3.36. The number of nitrogens with one attached hydrogen (secondary N) is 1. The molecule has 2 aliphatic heterocycles. The Morgan fingerprint density at radius 3 is 2.94 bits per heavy atom. The lowest BCUT2D eigenvalue weighted by Crippen LogP contribution is -2.54. The average Bonchev–Trinajstić information content (AvgIpc) is 2.85. The van der Waals surface area contributed by atoms with E-state index >= 15 is 0 Å². The van der Waals surface area contributed by atoms with Gasteiger partial charge in [-0.3, -0.25) is 0 Å². The molecule has 0 aromatic rings. The third-order valence-corrected chi connectivity index (χ3v) is 4.86. The van der Waals surface area contributed by atoms with Crippen LogP contribution in [-0.2, 0) is 4.74 Å². The SMILES string of the molecule is CCC(C)C1CN(CC2CCOC2CC)CCN1. The van der Waals surface area contributed by atoms with Crippen LogP contribution in [0.1, 0.15) is 40.0 Å². The van der Waals surface area contributed by atoms with E-state index in [2.05, 4.69) is 31.0 Å². The second kappa shape index (κ2) is 6.88.